The summed E-state index contributed by atoms with van der Waals surface area (Å²) in [6.07, 6.45) is -0.406. The summed E-state index contributed by atoms with van der Waals surface area (Å²) in [6, 6.07) is 17.0. The Balaban J connectivity index is 1.70. The van der Waals surface area contributed by atoms with E-state index < -0.39 is 18.3 Å². The second-order valence-electron chi connectivity index (χ2n) is 6.92. The van der Waals surface area contributed by atoms with E-state index in [-0.39, 0.29) is 6.54 Å². The number of aliphatic imine (C=N–C) groups is 1. The summed E-state index contributed by atoms with van der Waals surface area (Å²) in [7, 11) is 0. The first-order valence-corrected chi connectivity index (χ1v) is 11.2. The maximum absolute atomic E-state index is 13.0. The maximum atomic E-state index is 13.0. The van der Waals surface area contributed by atoms with Gasteiger partial charge in [-0.2, -0.15) is 0 Å². The first kappa shape index (κ1) is 21.0. The number of alkyl halides is 2. The zero-order chi connectivity index (χ0) is 21.3. The van der Waals surface area contributed by atoms with Gasteiger partial charge >= 0.3 is 0 Å². The smallest absolute Gasteiger partial charge is 0.251 e. The van der Waals surface area contributed by atoms with Crippen molar-refractivity contribution < 1.29 is 13.6 Å². The number of rotatable bonds is 5. The second kappa shape index (κ2) is 8.49. The standard InChI is InChI=1S/C22H17ClF2N2OS2/c1-22(24,25)10-11-26-21(28)13-6-7-17-15(12-13)27-20(18-8-9-19(23)30-18)14-4-2-3-5-16(14)29-17/h2-9,12H,10-11H2,1H3,(H,26,28). The molecule has 1 N–H and O–H groups in total. The number of benzene rings is 2. The van der Waals surface area contributed by atoms with Gasteiger partial charge in [0.25, 0.3) is 5.91 Å². The Morgan fingerprint density at radius 3 is 2.67 bits per heavy atom. The molecule has 0 fully saturated rings. The topological polar surface area (TPSA) is 41.5 Å². The normalized spacial score (nSPS) is 13.1. The quantitative estimate of drug-likeness (QED) is 0.354. The number of amides is 1. The lowest BCUT2D eigenvalue weighted by Crippen LogP contribution is -2.28. The van der Waals surface area contributed by atoms with Crippen molar-refractivity contribution in [3.05, 3.63) is 74.9 Å². The Hall–Kier alpha value is -2.22. The minimum absolute atomic E-state index is 0.0954. The third-order valence-corrected chi connectivity index (χ3v) is 6.85. The molecule has 0 spiro atoms. The van der Waals surface area contributed by atoms with E-state index in [1.54, 1.807) is 23.9 Å². The predicted octanol–water partition coefficient (Wildman–Crippen LogP) is 6.81. The fourth-order valence-corrected chi connectivity index (χ4v) is 5.06. The van der Waals surface area contributed by atoms with Crippen LogP contribution in [0, 0.1) is 0 Å². The summed E-state index contributed by atoms with van der Waals surface area (Å²) < 4.78 is 26.7. The zero-order valence-corrected chi connectivity index (χ0v) is 18.3. The van der Waals surface area contributed by atoms with Crippen molar-refractivity contribution in [1.82, 2.24) is 5.32 Å². The monoisotopic (exact) mass is 462 g/mol. The van der Waals surface area contributed by atoms with Crippen LogP contribution in [0.5, 0.6) is 0 Å². The number of hydrogen-bond donors (Lipinski definition) is 1. The number of carbonyl (C=O) groups is 1. The average molecular weight is 463 g/mol. The molecular formula is C22H17ClF2N2OS2. The fourth-order valence-electron chi connectivity index (χ4n) is 3.01. The van der Waals surface area contributed by atoms with Crippen LogP contribution >= 0.6 is 34.7 Å². The van der Waals surface area contributed by atoms with Crippen LogP contribution in [0.15, 0.2) is 69.4 Å². The second-order valence-corrected chi connectivity index (χ2v) is 9.72. The van der Waals surface area contributed by atoms with Crippen molar-refractivity contribution in [2.75, 3.05) is 6.54 Å². The van der Waals surface area contributed by atoms with Gasteiger partial charge in [-0.25, -0.2) is 13.8 Å². The van der Waals surface area contributed by atoms with Gasteiger partial charge in [-0.1, -0.05) is 41.6 Å². The molecule has 0 saturated carbocycles. The van der Waals surface area contributed by atoms with E-state index in [1.807, 2.05) is 42.5 Å². The van der Waals surface area contributed by atoms with Crippen molar-refractivity contribution >= 4 is 52.0 Å². The largest absolute Gasteiger partial charge is 0.352 e. The molecule has 2 heterocycles. The van der Waals surface area contributed by atoms with Gasteiger partial charge in [0.2, 0.25) is 5.92 Å². The summed E-state index contributed by atoms with van der Waals surface area (Å²) in [4.78, 5) is 20.2. The highest BCUT2D eigenvalue weighted by Gasteiger charge is 2.22. The Bertz CT molecular complexity index is 1140. The minimum Gasteiger partial charge on any atom is -0.352 e. The Morgan fingerprint density at radius 1 is 1.13 bits per heavy atom. The Kier molecular flexibility index (Phi) is 5.95. The zero-order valence-electron chi connectivity index (χ0n) is 15.9. The predicted molar refractivity (Wildman–Crippen MR) is 119 cm³/mol. The van der Waals surface area contributed by atoms with Crippen LogP contribution < -0.4 is 5.32 Å². The molecule has 2 aromatic carbocycles. The molecule has 0 bridgehead atoms. The van der Waals surface area contributed by atoms with Gasteiger partial charge in [0.1, 0.15) is 0 Å². The summed E-state index contributed by atoms with van der Waals surface area (Å²) in [6.45, 7) is 0.741. The number of halogens is 3. The van der Waals surface area contributed by atoms with Crippen LogP contribution in [-0.2, 0) is 0 Å². The van der Waals surface area contributed by atoms with Crippen LogP contribution in [0.3, 0.4) is 0 Å². The first-order valence-electron chi connectivity index (χ1n) is 9.22. The summed E-state index contributed by atoms with van der Waals surface area (Å²) >= 11 is 9.16. The number of hydrogen-bond acceptors (Lipinski definition) is 4. The summed E-state index contributed by atoms with van der Waals surface area (Å²) in [5.41, 5.74) is 2.82. The van der Waals surface area contributed by atoms with E-state index >= 15 is 0 Å². The van der Waals surface area contributed by atoms with Crippen molar-refractivity contribution in [2.24, 2.45) is 4.99 Å². The molecule has 1 aliphatic rings. The molecule has 0 saturated heterocycles. The number of fused-ring (bicyclic) bond motifs is 2. The van der Waals surface area contributed by atoms with Gasteiger partial charge in [-0.05, 0) is 43.3 Å². The molecule has 3 aromatic rings. The van der Waals surface area contributed by atoms with Gasteiger partial charge in [-0.15, -0.1) is 11.3 Å². The highest BCUT2D eigenvalue weighted by atomic mass is 35.5. The summed E-state index contributed by atoms with van der Waals surface area (Å²) in [5, 5.41) is 2.55. The first-order chi connectivity index (χ1) is 14.3. The van der Waals surface area contributed by atoms with Gasteiger partial charge in [0.05, 0.1) is 20.6 Å². The SMILES string of the molecule is CC(F)(F)CCNC(=O)c1ccc2c(c1)N=C(c1ccc(Cl)s1)c1ccccc1S2. The van der Waals surface area contributed by atoms with Crippen LogP contribution in [0.4, 0.5) is 14.5 Å². The summed E-state index contributed by atoms with van der Waals surface area (Å²) in [5.74, 6) is -3.21. The average Bonchev–Trinajstić information content (AvgIpc) is 3.05. The molecule has 8 heteroatoms. The van der Waals surface area contributed by atoms with Gasteiger partial charge < -0.3 is 5.32 Å². The third kappa shape index (κ3) is 4.74. The maximum Gasteiger partial charge on any atom is 0.251 e. The number of carbonyl (C=O) groups excluding carboxylic acids is 1. The lowest BCUT2D eigenvalue weighted by atomic mass is 10.1. The molecule has 1 aromatic heterocycles. The number of nitrogens with zero attached hydrogens (tertiary/aromatic N) is 1. The van der Waals surface area contributed by atoms with Crippen molar-refractivity contribution in [3.8, 4) is 0 Å². The van der Waals surface area contributed by atoms with Crippen LogP contribution in [0.1, 0.15) is 34.1 Å². The van der Waals surface area contributed by atoms with Crippen molar-refractivity contribution in [1.29, 1.82) is 0 Å². The number of thiophene rings is 1. The molecular weight excluding hydrogens is 446 g/mol. The van der Waals surface area contributed by atoms with Gasteiger partial charge in [-0.3, -0.25) is 4.79 Å². The highest BCUT2D eigenvalue weighted by Crippen LogP contribution is 2.42. The van der Waals surface area contributed by atoms with Crippen molar-refractivity contribution in [3.63, 3.8) is 0 Å². The Labute approximate surface area is 186 Å². The highest BCUT2D eigenvalue weighted by molar-refractivity contribution is 7.99. The molecule has 154 valence electrons. The molecule has 1 amide bonds. The fraction of sp³-hybridized carbons (Fsp3) is 0.182. The molecule has 0 atom stereocenters. The van der Waals surface area contributed by atoms with Gasteiger partial charge in [0.15, 0.2) is 0 Å². The molecule has 4 rings (SSSR count). The lowest BCUT2D eigenvalue weighted by molar-refractivity contribution is 0.0137. The van der Waals surface area contributed by atoms with E-state index in [2.05, 4.69) is 5.32 Å². The van der Waals surface area contributed by atoms with E-state index in [4.69, 9.17) is 16.6 Å². The third-order valence-electron chi connectivity index (χ3n) is 4.47. The molecule has 0 aliphatic carbocycles. The minimum atomic E-state index is -2.81. The lowest BCUT2D eigenvalue weighted by Gasteiger charge is -2.11. The molecule has 3 nitrogen and oxygen atoms in total. The van der Waals surface area contributed by atoms with Crippen LogP contribution in [0.2, 0.25) is 4.34 Å². The van der Waals surface area contributed by atoms with E-state index in [1.165, 1.54) is 11.3 Å². The molecule has 0 radical (unpaired) electrons. The van der Waals surface area contributed by atoms with Gasteiger partial charge in [0, 0.05) is 33.9 Å². The molecule has 1 aliphatic heterocycles. The molecule has 30 heavy (non-hydrogen) atoms. The Morgan fingerprint density at radius 2 is 1.93 bits per heavy atom. The van der Waals surface area contributed by atoms with Crippen LogP contribution in [-0.4, -0.2) is 24.1 Å². The molecule has 0 unspecified atom stereocenters. The van der Waals surface area contributed by atoms with E-state index in [9.17, 15) is 13.6 Å². The van der Waals surface area contributed by atoms with Crippen molar-refractivity contribution in [2.45, 2.75) is 29.1 Å². The van der Waals surface area contributed by atoms with E-state index in [0.29, 0.717) is 15.6 Å². The van der Waals surface area contributed by atoms with Crippen LogP contribution in [0.25, 0.3) is 0 Å². The van der Waals surface area contributed by atoms with E-state index in [0.717, 1.165) is 32.9 Å². The number of nitrogens with one attached hydrogen (secondary N) is 1.